The highest BCUT2D eigenvalue weighted by atomic mass is 16.4. The number of imidazole rings is 1. The molecule has 1 aliphatic rings. The Labute approximate surface area is 104 Å². The largest absolute Gasteiger partial charge is 0.481 e. The van der Waals surface area contributed by atoms with E-state index in [-0.39, 0.29) is 11.8 Å². The van der Waals surface area contributed by atoms with E-state index < -0.39 is 5.97 Å². The van der Waals surface area contributed by atoms with Crippen molar-refractivity contribution in [2.45, 2.75) is 25.2 Å². The summed E-state index contributed by atoms with van der Waals surface area (Å²) in [6, 6.07) is 1.91. The first kappa shape index (κ1) is 11.2. The summed E-state index contributed by atoms with van der Waals surface area (Å²) in [6.45, 7) is 0. The molecule has 1 aliphatic carbocycles. The molecule has 0 saturated heterocycles. The van der Waals surface area contributed by atoms with Crippen molar-refractivity contribution in [1.29, 1.82) is 0 Å². The second-order valence-electron chi connectivity index (χ2n) is 4.88. The maximum atomic E-state index is 11.3. The average molecular weight is 245 g/mol. The lowest BCUT2D eigenvalue weighted by atomic mass is 9.95. The standard InChI is InChI=1S/C13H15N3O2/c1-16-11-5-6-14-7-10(11)15-12(16)8-3-2-4-9(8)13(17)18/h5-9H,2-4H2,1H3,(H,17,18). The summed E-state index contributed by atoms with van der Waals surface area (Å²) in [6.07, 6.45) is 6.08. The molecule has 2 unspecified atom stereocenters. The van der Waals surface area contributed by atoms with Crippen LogP contribution in [0.1, 0.15) is 31.0 Å². The summed E-state index contributed by atoms with van der Waals surface area (Å²) in [5, 5.41) is 9.26. The smallest absolute Gasteiger partial charge is 0.307 e. The summed E-state index contributed by atoms with van der Waals surface area (Å²) in [7, 11) is 1.95. The van der Waals surface area contributed by atoms with Gasteiger partial charge in [0.2, 0.25) is 0 Å². The number of carboxylic acids is 1. The number of aryl methyl sites for hydroxylation is 1. The van der Waals surface area contributed by atoms with Crippen LogP contribution in [-0.4, -0.2) is 25.6 Å². The van der Waals surface area contributed by atoms with Crippen LogP contribution in [0.4, 0.5) is 0 Å². The van der Waals surface area contributed by atoms with Crippen molar-refractivity contribution in [3.63, 3.8) is 0 Å². The Morgan fingerprint density at radius 2 is 2.33 bits per heavy atom. The fourth-order valence-electron chi connectivity index (χ4n) is 2.97. The third-order valence-electron chi connectivity index (χ3n) is 3.88. The fourth-order valence-corrected chi connectivity index (χ4v) is 2.97. The molecule has 1 fully saturated rings. The van der Waals surface area contributed by atoms with E-state index >= 15 is 0 Å². The van der Waals surface area contributed by atoms with Crippen molar-refractivity contribution in [1.82, 2.24) is 14.5 Å². The van der Waals surface area contributed by atoms with Gasteiger partial charge in [0.15, 0.2) is 0 Å². The molecule has 2 atom stereocenters. The number of aliphatic carboxylic acids is 1. The molecule has 3 rings (SSSR count). The molecule has 5 nitrogen and oxygen atoms in total. The van der Waals surface area contributed by atoms with Crippen LogP contribution in [-0.2, 0) is 11.8 Å². The summed E-state index contributed by atoms with van der Waals surface area (Å²) in [4.78, 5) is 19.9. The van der Waals surface area contributed by atoms with Gasteiger partial charge >= 0.3 is 5.97 Å². The van der Waals surface area contributed by atoms with E-state index in [4.69, 9.17) is 0 Å². The average Bonchev–Trinajstić information content (AvgIpc) is 2.94. The number of carbonyl (C=O) groups is 1. The van der Waals surface area contributed by atoms with E-state index in [0.29, 0.717) is 0 Å². The Hall–Kier alpha value is -1.91. The van der Waals surface area contributed by atoms with Crippen LogP contribution in [0.2, 0.25) is 0 Å². The Morgan fingerprint density at radius 3 is 3.06 bits per heavy atom. The Morgan fingerprint density at radius 1 is 1.50 bits per heavy atom. The minimum atomic E-state index is -0.706. The second-order valence-corrected chi connectivity index (χ2v) is 4.88. The van der Waals surface area contributed by atoms with Gasteiger partial charge in [-0.1, -0.05) is 6.42 Å². The van der Waals surface area contributed by atoms with E-state index in [9.17, 15) is 9.90 Å². The highest BCUT2D eigenvalue weighted by Gasteiger charge is 2.36. The summed E-state index contributed by atoms with van der Waals surface area (Å²) >= 11 is 0. The molecular formula is C13H15N3O2. The molecule has 2 aromatic rings. The van der Waals surface area contributed by atoms with Crippen molar-refractivity contribution in [3.05, 3.63) is 24.3 Å². The predicted octanol–water partition coefficient (Wildman–Crippen LogP) is 1.94. The number of carboxylic acid groups (broad SMARTS) is 1. The Balaban J connectivity index is 2.09. The van der Waals surface area contributed by atoms with Gasteiger partial charge in [0.1, 0.15) is 11.3 Å². The van der Waals surface area contributed by atoms with E-state index in [2.05, 4.69) is 9.97 Å². The van der Waals surface area contributed by atoms with E-state index in [1.807, 2.05) is 17.7 Å². The first-order valence-electron chi connectivity index (χ1n) is 6.17. The fraction of sp³-hybridized carbons (Fsp3) is 0.462. The van der Waals surface area contributed by atoms with Gasteiger partial charge in [0, 0.05) is 19.2 Å². The van der Waals surface area contributed by atoms with Gasteiger partial charge in [-0.05, 0) is 18.9 Å². The highest BCUT2D eigenvalue weighted by molar-refractivity contribution is 5.76. The van der Waals surface area contributed by atoms with Gasteiger partial charge in [-0.25, -0.2) is 4.98 Å². The lowest BCUT2D eigenvalue weighted by Gasteiger charge is -2.15. The molecular weight excluding hydrogens is 230 g/mol. The molecule has 5 heteroatoms. The zero-order valence-corrected chi connectivity index (χ0v) is 10.2. The Kier molecular flexibility index (Phi) is 2.54. The molecule has 0 aromatic carbocycles. The van der Waals surface area contributed by atoms with Gasteiger partial charge in [0.25, 0.3) is 0 Å². The molecule has 0 bridgehead atoms. The second kappa shape index (κ2) is 4.08. The first-order chi connectivity index (χ1) is 8.68. The minimum Gasteiger partial charge on any atom is -0.481 e. The van der Waals surface area contributed by atoms with E-state index in [1.54, 1.807) is 12.4 Å². The minimum absolute atomic E-state index is 0.0277. The molecule has 1 N–H and O–H groups in total. The number of hydrogen-bond donors (Lipinski definition) is 1. The number of fused-ring (bicyclic) bond motifs is 1. The SMILES string of the molecule is Cn1c(C2CCCC2C(=O)O)nc2cnccc21. The van der Waals surface area contributed by atoms with E-state index in [1.165, 1.54) is 0 Å². The molecule has 0 amide bonds. The number of pyridine rings is 1. The number of nitrogens with zero attached hydrogens (tertiary/aromatic N) is 3. The van der Waals surface area contributed by atoms with Crippen molar-refractivity contribution in [3.8, 4) is 0 Å². The monoisotopic (exact) mass is 245 g/mol. The number of hydrogen-bond acceptors (Lipinski definition) is 3. The maximum Gasteiger partial charge on any atom is 0.307 e. The van der Waals surface area contributed by atoms with Crippen molar-refractivity contribution in [2.75, 3.05) is 0 Å². The Bertz CT molecular complexity index is 605. The lowest BCUT2D eigenvalue weighted by molar-refractivity contribution is -0.142. The van der Waals surface area contributed by atoms with Crippen LogP contribution in [0.15, 0.2) is 18.5 Å². The van der Waals surface area contributed by atoms with Gasteiger partial charge < -0.3 is 9.67 Å². The van der Waals surface area contributed by atoms with Crippen LogP contribution in [0.5, 0.6) is 0 Å². The zero-order valence-electron chi connectivity index (χ0n) is 10.2. The topological polar surface area (TPSA) is 68.0 Å². The van der Waals surface area contributed by atoms with Crippen molar-refractivity contribution >= 4 is 17.0 Å². The first-order valence-corrected chi connectivity index (χ1v) is 6.17. The molecule has 1 saturated carbocycles. The highest BCUT2D eigenvalue weighted by Crippen LogP contribution is 2.39. The lowest BCUT2D eigenvalue weighted by Crippen LogP contribution is -2.19. The van der Waals surface area contributed by atoms with Gasteiger partial charge in [-0.15, -0.1) is 0 Å². The summed E-state index contributed by atoms with van der Waals surface area (Å²) in [5.74, 6) is -0.0982. The van der Waals surface area contributed by atoms with Crippen LogP contribution >= 0.6 is 0 Å². The number of rotatable bonds is 2. The maximum absolute atomic E-state index is 11.3. The third kappa shape index (κ3) is 1.58. The molecule has 0 spiro atoms. The molecule has 0 aliphatic heterocycles. The summed E-state index contributed by atoms with van der Waals surface area (Å²) in [5.41, 5.74) is 1.85. The normalized spacial score (nSPS) is 23.6. The van der Waals surface area contributed by atoms with Crippen molar-refractivity contribution < 1.29 is 9.90 Å². The van der Waals surface area contributed by atoms with E-state index in [0.717, 1.165) is 36.1 Å². The number of aromatic nitrogens is 3. The third-order valence-corrected chi connectivity index (χ3v) is 3.88. The van der Waals surface area contributed by atoms with Gasteiger partial charge in [0.05, 0.1) is 17.6 Å². The van der Waals surface area contributed by atoms with Crippen LogP contribution in [0, 0.1) is 5.92 Å². The predicted molar refractivity (Wildman–Crippen MR) is 66.2 cm³/mol. The molecule has 18 heavy (non-hydrogen) atoms. The zero-order chi connectivity index (χ0) is 12.7. The molecule has 2 aromatic heterocycles. The summed E-state index contributed by atoms with van der Waals surface area (Å²) < 4.78 is 2.00. The van der Waals surface area contributed by atoms with Crippen LogP contribution in [0.25, 0.3) is 11.0 Å². The van der Waals surface area contributed by atoms with Crippen LogP contribution < -0.4 is 0 Å². The molecule has 2 heterocycles. The van der Waals surface area contributed by atoms with Gasteiger partial charge in [-0.3, -0.25) is 9.78 Å². The van der Waals surface area contributed by atoms with Crippen molar-refractivity contribution in [2.24, 2.45) is 13.0 Å². The molecule has 94 valence electrons. The van der Waals surface area contributed by atoms with Crippen LogP contribution in [0.3, 0.4) is 0 Å². The van der Waals surface area contributed by atoms with Gasteiger partial charge in [-0.2, -0.15) is 0 Å². The quantitative estimate of drug-likeness (QED) is 0.877. The molecule has 0 radical (unpaired) electrons.